The monoisotopic (exact) mass is 291 g/mol. The minimum absolute atomic E-state index is 0.00286. The lowest BCUT2D eigenvalue weighted by Crippen LogP contribution is -2.08. The molecule has 0 aliphatic carbocycles. The van der Waals surface area contributed by atoms with Crippen LogP contribution < -0.4 is 10.5 Å². The van der Waals surface area contributed by atoms with Crippen LogP contribution in [0.15, 0.2) is 24.5 Å². The first-order chi connectivity index (χ1) is 10.1. The van der Waals surface area contributed by atoms with Gasteiger partial charge < -0.3 is 15.2 Å². The number of halogens is 1. The molecule has 0 fully saturated rings. The first-order valence-corrected chi connectivity index (χ1v) is 6.08. The number of benzene rings is 1. The second-order valence-electron chi connectivity index (χ2n) is 4.10. The van der Waals surface area contributed by atoms with Crippen LogP contribution in [0.1, 0.15) is 16.2 Å². The zero-order chi connectivity index (χ0) is 15.4. The first-order valence-electron chi connectivity index (χ1n) is 6.08. The number of aromatic nitrogens is 2. The van der Waals surface area contributed by atoms with E-state index in [9.17, 15) is 9.18 Å². The van der Waals surface area contributed by atoms with Crippen molar-refractivity contribution in [3.63, 3.8) is 0 Å². The molecule has 0 radical (unpaired) electrons. The Kier molecular flexibility index (Phi) is 4.44. The van der Waals surface area contributed by atoms with Crippen molar-refractivity contribution < 1.29 is 18.7 Å². The summed E-state index contributed by atoms with van der Waals surface area (Å²) < 4.78 is 23.6. The van der Waals surface area contributed by atoms with E-state index in [2.05, 4.69) is 14.7 Å². The number of nitrogens with two attached hydrogens (primary N) is 1. The van der Waals surface area contributed by atoms with E-state index in [1.165, 1.54) is 32.7 Å². The number of esters is 1. The zero-order valence-corrected chi connectivity index (χ0v) is 11.6. The zero-order valence-electron chi connectivity index (χ0n) is 11.6. The van der Waals surface area contributed by atoms with Crippen molar-refractivity contribution in [2.75, 3.05) is 14.2 Å². The topological polar surface area (TPSA) is 87.3 Å². The van der Waals surface area contributed by atoms with E-state index in [0.29, 0.717) is 16.7 Å². The largest absolute Gasteiger partial charge is 0.494 e. The van der Waals surface area contributed by atoms with Gasteiger partial charge in [0.2, 0.25) is 5.82 Å². The van der Waals surface area contributed by atoms with Crippen LogP contribution in [0.3, 0.4) is 0 Å². The number of ether oxygens (including phenoxy) is 2. The third-order valence-corrected chi connectivity index (χ3v) is 2.96. The SMILES string of the molecule is COC(=O)c1ncc(-c2ccc(OC)c(F)c2CN)cn1. The van der Waals surface area contributed by atoms with Crippen molar-refractivity contribution in [1.29, 1.82) is 0 Å². The number of hydrogen-bond donors (Lipinski definition) is 1. The summed E-state index contributed by atoms with van der Waals surface area (Å²) >= 11 is 0. The Hall–Kier alpha value is -2.54. The van der Waals surface area contributed by atoms with Crippen LogP contribution in [0, 0.1) is 5.82 Å². The standard InChI is InChI=1S/C14H14FN3O3/c1-20-11-4-3-9(10(5-16)12(11)15)8-6-17-13(18-7-8)14(19)21-2/h3-4,6-7H,5,16H2,1-2H3. The molecule has 0 bridgehead atoms. The fourth-order valence-corrected chi connectivity index (χ4v) is 1.89. The molecule has 0 aliphatic heterocycles. The van der Waals surface area contributed by atoms with Crippen molar-refractivity contribution in [2.45, 2.75) is 6.54 Å². The Bertz CT molecular complexity index is 659. The third kappa shape index (κ3) is 2.82. The molecular weight excluding hydrogens is 277 g/mol. The molecule has 110 valence electrons. The number of nitrogens with zero attached hydrogens (tertiary/aromatic N) is 2. The summed E-state index contributed by atoms with van der Waals surface area (Å²) in [7, 11) is 2.62. The Labute approximate surface area is 120 Å². The summed E-state index contributed by atoms with van der Waals surface area (Å²) in [6.07, 6.45) is 2.83. The van der Waals surface area contributed by atoms with Gasteiger partial charge in [-0.3, -0.25) is 0 Å². The molecule has 0 atom stereocenters. The van der Waals surface area contributed by atoms with Crippen molar-refractivity contribution in [3.8, 4) is 16.9 Å². The maximum absolute atomic E-state index is 14.2. The molecule has 2 rings (SSSR count). The minimum atomic E-state index is -0.637. The number of carbonyl (C=O) groups excluding carboxylic acids is 1. The summed E-state index contributed by atoms with van der Waals surface area (Å²) in [4.78, 5) is 19.1. The van der Waals surface area contributed by atoms with Gasteiger partial charge in [0, 0.05) is 30.1 Å². The minimum Gasteiger partial charge on any atom is -0.494 e. The molecule has 6 nitrogen and oxygen atoms in total. The van der Waals surface area contributed by atoms with E-state index < -0.39 is 11.8 Å². The van der Waals surface area contributed by atoms with Crippen LogP contribution in [0.25, 0.3) is 11.1 Å². The van der Waals surface area contributed by atoms with Crippen LogP contribution in [0.4, 0.5) is 4.39 Å². The predicted octanol–water partition coefficient (Wildman–Crippen LogP) is 1.54. The molecule has 21 heavy (non-hydrogen) atoms. The highest BCUT2D eigenvalue weighted by Gasteiger charge is 2.15. The average molecular weight is 291 g/mol. The van der Waals surface area contributed by atoms with E-state index in [1.807, 2.05) is 0 Å². The van der Waals surface area contributed by atoms with E-state index in [4.69, 9.17) is 10.5 Å². The van der Waals surface area contributed by atoms with Crippen LogP contribution in [0.5, 0.6) is 5.75 Å². The van der Waals surface area contributed by atoms with Crippen LogP contribution in [-0.2, 0) is 11.3 Å². The molecule has 1 aromatic heterocycles. The highest BCUT2D eigenvalue weighted by Crippen LogP contribution is 2.30. The fraction of sp³-hybridized carbons (Fsp3) is 0.214. The van der Waals surface area contributed by atoms with Gasteiger partial charge >= 0.3 is 5.97 Å². The molecule has 0 amide bonds. The summed E-state index contributed by atoms with van der Waals surface area (Å²) in [5.41, 5.74) is 6.99. The fourth-order valence-electron chi connectivity index (χ4n) is 1.89. The highest BCUT2D eigenvalue weighted by molar-refractivity contribution is 5.85. The number of hydrogen-bond acceptors (Lipinski definition) is 6. The Morgan fingerprint density at radius 3 is 2.48 bits per heavy atom. The molecule has 0 aliphatic rings. The first kappa shape index (κ1) is 14.9. The molecular formula is C14H14FN3O3. The summed E-state index contributed by atoms with van der Waals surface area (Å²) in [6.45, 7) is -0.00286. The van der Waals surface area contributed by atoms with E-state index in [-0.39, 0.29) is 18.1 Å². The van der Waals surface area contributed by atoms with Crippen LogP contribution in [0.2, 0.25) is 0 Å². The van der Waals surface area contributed by atoms with Gasteiger partial charge in [-0.1, -0.05) is 6.07 Å². The van der Waals surface area contributed by atoms with Crippen molar-refractivity contribution in [3.05, 3.63) is 41.7 Å². The molecule has 1 heterocycles. The molecule has 2 N–H and O–H groups in total. The number of carbonyl (C=O) groups is 1. The van der Waals surface area contributed by atoms with Crippen molar-refractivity contribution in [2.24, 2.45) is 5.73 Å². The lowest BCUT2D eigenvalue weighted by atomic mass is 10.0. The quantitative estimate of drug-likeness (QED) is 0.860. The maximum atomic E-state index is 14.2. The second-order valence-corrected chi connectivity index (χ2v) is 4.10. The molecule has 0 saturated carbocycles. The van der Waals surface area contributed by atoms with E-state index in [1.54, 1.807) is 6.07 Å². The predicted molar refractivity (Wildman–Crippen MR) is 73.2 cm³/mol. The van der Waals surface area contributed by atoms with E-state index in [0.717, 1.165) is 0 Å². The molecule has 7 heteroatoms. The molecule has 0 saturated heterocycles. The van der Waals surface area contributed by atoms with Crippen molar-refractivity contribution >= 4 is 5.97 Å². The average Bonchev–Trinajstić information content (AvgIpc) is 2.54. The van der Waals surface area contributed by atoms with Gasteiger partial charge in [-0.25, -0.2) is 19.2 Å². The summed E-state index contributed by atoms with van der Waals surface area (Å²) in [6, 6.07) is 3.17. The molecule has 0 unspecified atom stereocenters. The van der Waals surface area contributed by atoms with Crippen molar-refractivity contribution in [1.82, 2.24) is 9.97 Å². The number of rotatable bonds is 4. The molecule has 2 aromatic rings. The van der Waals surface area contributed by atoms with Gasteiger partial charge in [-0.15, -0.1) is 0 Å². The van der Waals surface area contributed by atoms with E-state index >= 15 is 0 Å². The van der Waals surface area contributed by atoms with Gasteiger partial charge in [0.1, 0.15) is 0 Å². The second kappa shape index (κ2) is 6.27. The lowest BCUT2D eigenvalue weighted by Gasteiger charge is -2.11. The van der Waals surface area contributed by atoms with Gasteiger partial charge in [-0.05, 0) is 11.6 Å². The number of methoxy groups -OCH3 is 2. The smallest absolute Gasteiger partial charge is 0.376 e. The Balaban J connectivity index is 2.47. The normalized spacial score (nSPS) is 10.3. The maximum Gasteiger partial charge on any atom is 0.376 e. The van der Waals surface area contributed by atoms with Crippen LogP contribution >= 0.6 is 0 Å². The van der Waals surface area contributed by atoms with Gasteiger partial charge in [0.25, 0.3) is 0 Å². The highest BCUT2D eigenvalue weighted by atomic mass is 19.1. The van der Waals surface area contributed by atoms with Gasteiger partial charge in [-0.2, -0.15) is 0 Å². The summed E-state index contributed by atoms with van der Waals surface area (Å²) in [5, 5.41) is 0. The Morgan fingerprint density at radius 2 is 1.95 bits per heavy atom. The molecule has 0 spiro atoms. The van der Waals surface area contributed by atoms with Gasteiger partial charge in [0.15, 0.2) is 11.6 Å². The Morgan fingerprint density at radius 1 is 1.29 bits per heavy atom. The van der Waals surface area contributed by atoms with Gasteiger partial charge in [0.05, 0.1) is 14.2 Å². The summed E-state index contributed by atoms with van der Waals surface area (Å²) in [5.74, 6) is -1.10. The molecule has 1 aromatic carbocycles. The third-order valence-electron chi connectivity index (χ3n) is 2.96. The lowest BCUT2D eigenvalue weighted by molar-refractivity contribution is 0.0586. The van der Waals surface area contributed by atoms with Crippen LogP contribution in [-0.4, -0.2) is 30.2 Å².